The molecule has 1 unspecified atom stereocenters. The van der Waals surface area contributed by atoms with Gasteiger partial charge in [-0.05, 0) is 5.92 Å². The Balaban J connectivity index is 3.59. The van der Waals surface area contributed by atoms with Crippen molar-refractivity contribution in [2.75, 3.05) is 13.1 Å². The maximum Gasteiger partial charge on any atom is 0.312 e. The highest BCUT2D eigenvalue weighted by molar-refractivity contribution is 9.10. The molecule has 0 fully saturated rings. The normalized spacial score (nSPS) is 12.3. The third-order valence-electron chi connectivity index (χ3n) is 1.56. The van der Waals surface area contributed by atoms with Gasteiger partial charge in [-0.1, -0.05) is 29.8 Å². The number of carbonyl (C=O) groups is 2. The van der Waals surface area contributed by atoms with Crippen LogP contribution in [0, 0.1) is 5.92 Å². The van der Waals surface area contributed by atoms with E-state index >= 15 is 0 Å². The molecule has 0 rings (SSSR count). The zero-order chi connectivity index (χ0) is 11.1. The molecule has 0 aliphatic carbocycles. The Morgan fingerprint density at radius 3 is 2.21 bits per heavy atom. The predicted octanol–water partition coefficient (Wildman–Crippen LogP) is 0.190. The van der Waals surface area contributed by atoms with Gasteiger partial charge in [0.1, 0.15) is 0 Å². The van der Waals surface area contributed by atoms with Gasteiger partial charge in [0, 0.05) is 13.1 Å². The van der Waals surface area contributed by atoms with Crippen molar-refractivity contribution in [1.29, 1.82) is 0 Å². The lowest BCUT2D eigenvalue weighted by atomic mass is 10.1. The molecule has 6 heteroatoms. The lowest BCUT2D eigenvalue weighted by Gasteiger charge is -2.13. The summed E-state index contributed by atoms with van der Waals surface area (Å²) < 4.78 is 0. The first-order valence-corrected chi connectivity index (χ1v) is 5.31. The fraction of sp³-hybridized carbons (Fsp3) is 0.750. The van der Waals surface area contributed by atoms with Crippen LogP contribution in [0.3, 0.4) is 0 Å². The maximum absolute atomic E-state index is 11.3. The Morgan fingerprint density at radius 2 is 1.79 bits per heavy atom. The van der Waals surface area contributed by atoms with Crippen molar-refractivity contribution in [2.45, 2.75) is 18.7 Å². The van der Waals surface area contributed by atoms with Crippen LogP contribution in [0.1, 0.15) is 13.8 Å². The van der Waals surface area contributed by atoms with Gasteiger partial charge in [-0.15, -0.1) is 0 Å². The first-order valence-electron chi connectivity index (χ1n) is 4.40. The molecule has 0 heterocycles. The minimum absolute atomic E-state index is 0.0775. The molecule has 0 radical (unpaired) electrons. The van der Waals surface area contributed by atoms with E-state index in [-0.39, 0.29) is 16.7 Å². The van der Waals surface area contributed by atoms with E-state index in [1.807, 2.05) is 13.8 Å². The van der Waals surface area contributed by atoms with Gasteiger partial charge in [-0.25, -0.2) is 4.79 Å². The molecular formula is C8H16BrN3O2. The Hall–Kier alpha value is -0.780. The summed E-state index contributed by atoms with van der Waals surface area (Å²) >= 11 is 3.26. The predicted molar refractivity (Wildman–Crippen MR) is 58.1 cm³/mol. The summed E-state index contributed by atoms with van der Waals surface area (Å²) in [6.45, 7) is 4.62. The van der Waals surface area contributed by atoms with E-state index in [9.17, 15) is 9.59 Å². The Labute approximate surface area is 91.9 Å². The minimum Gasteiger partial charge on any atom is -0.353 e. The second-order valence-corrected chi connectivity index (χ2v) is 4.21. The molecule has 0 aromatic rings. The van der Waals surface area contributed by atoms with Crippen molar-refractivity contribution in [1.82, 2.24) is 10.6 Å². The minimum atomic E-state index is -0.585. The second-order valence-electron chi connectivity index (χ2n) is 3.23. The van der Waals surface area contributed by atoms with Crippen LogP contribution in [0.4, 0.5) is 4.79 Å². The molecule has 4 N–H and O–H groups in total. The Bertz CT molecular complexity index is 209. The largest absolute Gasteiger partial charge is 0.353 e. The van der Waals surface area contributed by atoms with Gasteiger partial charge in [0.05, 0.1) is 4.83 Å². The van der Waals surface area contributed by atoms with Crippen LogP contribution < -0.4 is 16.4 Å². The quantitative estimate of drug-likeness (QED) is 0.490. The number of amides is 3. The lowest BCUT2D eigenvalue weighted by Crippen LogP contribution is -2.40. The summed E-state index contributed by atoms with van der Waals surface area (Å²) in [5, 5.41) is 5.04. The molecule has 0 bridgehead atoms. The molecule has 0 spiro atoms. The molecular weight excluding hydrogens is 250 g/mol. The molecule has 1 atom stereocenters. The molecule has 0 saturated heterocycles. The number of hydrogen-bond donors (Lipinski definition) is 3. The van der Waals surface area contributed by atoms with E-state index in [0.29, 0.717) is 13.1 Å². The van der Waals surface area contributed by atoms with Crippen molar-refractivity contribution >= 4 is 27.9 Å². The van der Waals surface area contributed by atoms with Crippen LogP contribution in [-0.2, 0) is 4.79 Å². The molecule has 0 aromatic carbocycles. The van der Waals surface area contributed by atoms with Crippen LogP contribution >= 0.6 is 15.9 Å². The van der Waals surface area contributed by atoms with Crippen LogP contribution in [0.2, 0.25) is 0 Å². The van der Waals surface area contributed by atoms with E-state index < -0.39 is 6.03 Å². The number of rotatable bonds is 5. The van der Waals surface area contributed by atoms with E-state index in [1.54, 1.807) is 0 Å². The van der Waals surface area contributed by atoms with Gasteiger partial charge >= 0.3 is 6.03 Å². The number of nitrogens with one attached hydrogen (secondary N) is 2. The average molecular weight is 266 g/mol. The number of nitrogens with two attached hydrogens (primary N) is 1. The summed E-state index contributed by atoms with van der Waals surface area (Å²) in [7, 11) is 0. The van der Waals surface area contributed by atoms with Crippen molar-refractivity contribution in [2.24, 2.45) is 11.7 Å². The van der Waals surface area contributed by atoms with E-state index in [1.165, 1.54) is 0 Å². The maximum atomic E-state index is 11.3. The van der Waals surface area contributed by atoms with Gasteiger partial charge in [-0.2, -0.15) is 0 Å². The second kappa shape index (κ2) is 6.64. The summed E-state index contributed by atoms with van der Waals surface area (Å²) in [6.07, 6.45) is 0. The lowest BCUT2D eigenvalue weighted by molar-refractivity contribution is -0.121. The Morgan fingerprint density at radius 1 is 1.29 bits per heavy atom. The standard InChI is InChI=1S/C8H16BrN3O2/c1-5(2)6(9)7(13)11-3-4-12-8(10)14/h5-6H,3-4H2,1-2H3,(H,11,13)(H3,10,12,14). The molecule has 82 valence electrons. The fourth-order valence-electron chi connectivity index (χ4n) is 0.772. The molecule has 0 aliphatic heterocycles. The zero-order valence-corrected chi connectivity index (χ0v) is 9.93. The van der Waals surface area contributed by atoms with Crippen molar-refractivity contribution in [3.8, 4) is 0 Å². The number of alkyl halides is 1. The summed E-state index contributed by atoms with van der Waals surface area (Å²) in [5.74, 6) is 0.158. The first-order chi connectivity index (χ1) is 6.45. The van der Waals surface area contributed by atoms with Crippen molar-refractivity contribution in [3.05, 3.63) is 0 Å². The number of carbonyl (C=O) groups excluding carboxylic acids is 2. The average Bonchev–Trinajstić information content (AvgIpc) is 2.10. The summed E-state index contributed by atoms with van der Waals surface area (Å²) in [5.41, 5.74) is 4.85. The number of urea groups is 1. The smallest absolute Gasteiger partial charge is 0.312 e. The van der Waals surface area contributed by atoms with Crippen LogP contribution in [0.5, 0.6) is 0 Å². The zero-order valence-electron chi connectivity index (χ0n) is 8.34. The number of primary amides is 1. The molecule has 14 heavy (non-hydrogen) atoms. The van der Waals surface area contributed by atoms with Gasteiger partial charge in [0.2, 0.25) is 5.91 Å². The highest BCUT2D eigenvalue weighted by Crippen LogP contribution is 2.11. The number of hydrogen-bond acceptors (Lipinski definition) is 2. The third-order valence-corrected chi connectivity index (χ3v) is 3.03. The fourth-order valence-corrected chi connectivity index (χ4v) is 0.934. The van der Waals surface area contributed by atoms with Crippen LogP contribution in [0.15, 0.2) is 0 Å². The van der Waals surface area contributed by atoms with Crippen molar-refractivity contribution < 1.29 is 9.59 Å². The summed E-state index contributed by atoms with van der Waals surface area (Å²) in [4.78, 5) is 21.4. The van der Waals surface area contributed by atoms with Gasteiger partial charge < -0.3 is 16.4 Å². The van der Waals surface area contributed by atoms with E-state index in [2.05, 4.69) is 26.6 Å². The van der Waals surface area contributed by atoms with Crippen LogP contribution in [0.25, 0.3) is 0 Å². The Kier molecular flexibility index (Phi) is 6.27. The van der Waals surface area contributed by atoms with Gasteiger partial charge in [0.15, 0.2) is 0 Å². The molecule has 5 nitrogen and oxygen atoms in total. The van der Waals surface area contributed by atoms with Crippen molar-refractivity contribution in [3.63, 3.8) is 0 Å². The summed E-state index contributed by atoms with van der Waals surface area (Å²) in [6, 6.07) is -0.585. The van der Waals surface area contributed by atoms with Gasteiger partial charge in [-0.3, -0.25) is 4.79 Å². The molecule has 0 saturated carbocycles. The van der Waals surface area contributed by atoms with Gasteiger partial charge in [0.25, 0.3) is 0 Å². The molecule has 3 amide bonds. The number of halogens is 1. The highest BCUT2D eigenvalue weighted by atomic mass is 79.9. The SMILES string of the molecule is CC(C)C(Br)C(=O)NCCNC(N)=O. The van der Waals surface area contributed by atoms with E-state index in [0.717, 1.165) is 0 Å². The van der Waals surface area contributed by atoms with E-state index in [4.69, 9.17) is 5.73 Å². The molecule has 0 aliphatic rings. The first kappa shape index (κ1) is 13.2. The topological polar surface area (TPSA) is 84.2 Å². The third kappa shape index (κ3) is 5.80. The van der Waals surface area contributed by atoms with Crippen LogP contribution in [-0.4, -0.2) is 29.9 Å². The highest BCUT2D eigenvalue weighted by Gasteiger charge is 2.17. The monoisotopic (exact) mass is 265 g/mol. The molecule has 0 aromatic heterocycles.